The zero-order valence-electron chi connectivity index (χ0n) is 16.8. The molecule has 7 nitrogen and oxygen atoms in total. The van der Waals surface area contributed by atoms with E-state index in [4.69, 9.17) is 14.2 Å². The van der Waals surface area contributed by atoms with Crippen LogP contribution in [0.1, 0.15) is 37.4 Å². The van der Waals surface area contributed by atoms with Crippen LogP contribution >= 0.6 is 0 Å². The van der Waals surface area contributed by atoms with E-state index in [1.165, 1.54) is 11.9 Å². The lowest BCUT2D eigenvalue weighted by Gasteiger charge is -2.22. The van der Waals surface area contributed by atoms with Crippen molar-refractivity contribution in [2.75, 3.05) is 20.3 Å². The first-order valence-corrected chi connectivity index (χ1v) is 9.42. The van der Waals surface area contributed by atoms with Crippen molar-refractivity contribution in [2.45, 2.75) is 26.3 Å². The summed E-state index contributed by atoms with van der Waals surface area (Å²) in [6.07, 6.45) is 0.533. The summed E-state index contributed by atoms with van der Waals surface area (Å²) in [4.78, 5) is 23.9. The van der Waals surface area contributed by atoms with Gasteiger partial charge in [0, 0.05) is 18.9 Å². The molecule has 0 spiro atoms. The minimum Gasteiger partial charge on any atom is -0.497 e. The predicted octanol–water partition coefficient (Wildman–Crippen LogP) is 3.33. The van der Waals surface area contributed by atoms with Gasteiger partial charge in [-0.1, -0.05) is 18.2 Å². The molecule has 1 aliphatic rings. The summed E-state index contributed by atoms with van der Waals surface area (Å²) >= 11 is 0. The number of hydrazone groups is 1. The topological polar surface area (TPSA) is 77.4 Å². The van der Waals surface area contributed by atoms with E-state index in [1.807, 2.05) is 42.5 Å². The van der Waals surface area contributed by atoms with Gasteiger partial charge in [-0.15, -0.1) is 0 Å². The molecule has 0 saturated carbocycles. The summed E-state index contributed by atoms with van der Waals surface area (Å²) in [5.74, 6) is 0.680. The molecule has 0 fully saturated rings. The highest BCUT2D eigenvalue weighted by Gasteiger charge is 2.33. The van der Waals surface area contributed by atoms with E-state index in [-0.39, 0.29) is 18.6 Å². The van der Waals surface area contributed by atoms with E-state index in [0.29, 0.717) is 18.8 Å². The molecule has 2 aromatic rings. The largest absolute Gasteiger partial charge is 0.497 e. The fourth-order valence-corrected chi connectivity index (χ4v) is 3.23. The van der Waals surface area contributed by atoms with Gasteiger partial charge in [0.1, 0.15) is 11.5 Å². The van der Waals surface area contributed by atoms with Gasteiger partial charge in [0.15, 0.2) is 6.61 Å². The Labute approximate surface area is 169 Å². The summed E-state index contributed by atoms with van der Waals surface area (Å²) in [7, 11) is 1.61. The fraction of sp³-hybridized carbons (Fsp3) is 0.318. The van der Waals surface area contributed by atoms with Gasteiger partial charge in [0.05, 0.1) is 25.5 Å². The number of carbonyl (C=O) groups excluding carboxylic acids is 2. The molecule has 0 unspecified atom stereocenters. The quantitative estimate of drug-likeness (QED) is 0.671. The molecule has 1 atom stereocenters. The zero-order valence-corrected chi connectivity index (χ0v) is 16.8. The summed E-state index contributed by atoms with van der Waals surface area (Å²) in [5, 5.41) is 6.01. The van der Waals surface area contributed by atoms with Gasteiger partial charge in [-0.3, -0.25) is 4.79 Å². The molecule has 2 aromatic carbocycles. The molecule has 1 aliphatic heterocycles. The van der Waals surface area contributed by atoms with E-state index < -0.39 is 5.97 Å². The van der Waals surface area contributed by atoms with Gasteiger partial charge in [-0.25, -0.2) is 9.80 Å². The molecule has 0 radical (unpaired) electrons. The SMILES string of the molecule is CCOC(=O)COc1ccccc1[C@H]1CC(c2ccc(OC)cc2)=NN1C(C)=O. The first-order valence-electron chi connectivity index (χ1n) is 9.42. The Bertz CT molecular complexity index is 908. The number of hydrogen-bond donors (Lipinski definition) is 0. The van der Waals surface area contributed by atoms with Gasteiger partial charge in [0.25, 0.3) is 0 Å². The van der Waals surface area contributed by atoms with E-state index in [2.05, 4.69) is 5.10 Å². The average molecular weight is 396 g/mol. The highest BCUT2D eigenvalue weighted by Crippen LogP contribution is 2.37. The second-order valence-electron chi connectivity index (χ2n) is 6.49. The monoisotopic (exact) mass is 396 g/mol. The molecule has 0 aromatic heterocycles. The first kappa shape index (κ1) is 20.4. The van der Waals surface area contributed by atoms with Crippen molar-refractivity contribution in [3.63, 3.8) is 0 Å². The van der Waals surface area contributed by atoms with Gasteiger partial charge in [-0.2, -0.15) is 5.10 Å². The number of hydrogen-bond acceptors (Lipinski definition) is 6. The maximum absolute atomic E-state index is 12.3. The molecule has 7 heteroatoms. The van der Waals surface area contributed by atoms with Crippen LogP contribution in [0.4, 0.5) is 0 Å². The Morgan fingerprint density at radius 2 is 1.86 bits per heavy atom. The van der Waals surface area contributed by atoms with Gasteiger partial charge in [-0.05, 0) is 42.8 Å². The maximum Gasteiger partial charge on any atom is 0.344 e. The number of nitrogens with zero attached hydrogens (tertiary/aromatic N) is 2. The molecule has 152 valence electrons. The van der Waals surface area contributed by atoms with E-state index in [9.17, 15) is 9.59 Å². The molecule has 0 saturated heterocycles. The first-order chi connectivity index (χ1) is 14.0. The number of methoxy groups -OCH3 is 1. The molecule has 1 heterocycles. The Morgan fingerprint density at radius 1 is 1.14 bits per heavy atom. The van der Waals surface area contributed by atoms with Crippen LogP contribution in [0.2, 0.25) is 0 Å². The fourth-order valence-electron chi connectivity index (χ4n) is 3.23. The van der Waals surface area contributed by atoms with E-state index in [1.54, 1.807) is 20.1 Å². The van der Waals surface area contributed by atoms with E-state index in [0.717, 1.165) is 22.6 Å². The van der Waals surface area contributed by atoms with E-state index >= 15 is 0 Å². The van der Waals surface area contributed by atoms with Crippen molar-refractivity contribution in [3.8, 4) is 11.5 Å². The lowest BCUT2D eigenvalue weighted by molar-refractivity contribution is -0.145. The predicted molar refractivity (Wildman–Crippen MR) is 108 cm³/mol. The highest BCUT2D eigenvalue weighted by molar-refractivity contribution is 6.03. The Hall–Kier alpha value is -3.35. The lowest BCUT2D eigenvalue weighted by Crippen LogP contribution is -2.25. The molecule has 0 aliphatic carbocycles. The Morgan fingerprint density at radius 3 is 2.52 bits per heavy atom. The molecular weight excluding hydrogens is 372 g/mol. The third-order valence-corrected chi connectivity index (χ3v) is 4.59. The minimum atomic E-state index is -0.438. The molecule has 29 heavy (non-hydrogen) atoms. The Kier molecular flexibility index (Phi) is 6.49. The average Bonchev–Trinajstić information content (AvgIpc) is 3.18. The third kappa shape index (κ3) is 4.74. The number of ether oxygens (including phenoxy) is 3. The molecule has 0 N–H and O–H groups in total. The van der Waals surface area contributed by atoms with Crippen LogP contribution < -0.4 is 9.47 Å². The summed E-state index contributed by atoms with van der Waals surface area (Å²) in [6.45, 7) is 3.33. The van der Waals surface area contributed by atoms with Crippen molar-refractivity contribution >= 4 is 17.6 Å². The molecule has 1 amide bonds. The Balaban J connectivity index is 1.84. The molecule has 3 rings (SSSR count). The van der Waals surface area contributed by atoms with Crippen LogP contribution in [-0.2, 0) is 14.3 Å². The van der Waals surface area contributed by atoms with Crippen LogP contribution in [0.25, 0.3) is 0 Å². The van der Waals surface area contributed by atoms with Crippen molar-refractivity contribution < 1.29 is 23.8 Å². The molecular formula is C22H24N2O5. The van der Waals surface area contributed by atoms with Crippen LogP contribution in [0.5, 0.6) is 11.5 Å². The van der Waals surface area contributed by atoms with Crippen molar-refractivity contribution in [1.82, 2.24) is 5.01 Å². The zero-order chi connectivity index (χ0) is 20.8. The summed E-state index contributed by atoms with van der Waals surface area (Å²) < 4.78 is 15.8. The third-order valence-electron chi connectivity index (χ3n) is 4.59. The van der Waals surface area contributed by atoms with Crippen LogP contribution in [0, 0.1) is 0 Å². The highest BCUT2D eigenvalue weighted by atomic mass is 16.6. The van der Waals surface area contributed by atoms with Crippen LogP contribution in [0.3, 0.4) is 0 Å². The lowest BCUT2D eigenvalue weighted by atomic mass is 9.97. The standard InChI is InChI=1S/C22H24N2O5/c1-4-28-22(26)14-29-21-8-6-5-7-18(21)20-13-19(23-24(20)15(2)25)16-9-11-17(27-3)12-10-16/h5-12,20H,4,13-14H2,1-3H3/t20-/m1/s1. The second-order valence-corrected chi connectivity index (χ2v) is 6.49. The second kappa shape index (κ2) is 9.23. The molecule has 0 bridgehead atoms. The smallest absolute Gasteiger partial charge is 0.344 e. The number of esters is 1. The minimum absolute atomic E-state index is 0.168. The number of carbonyl (C=O) groups is 2. The van der Waals surface area contributed by atoms with Gasteiger partial charge in [0.2, 0.25) is 5.91 Å². The number of amides is 1. The van der Waals surface area contributed by atoms with Gasteiger partial charge < -0.3 is 14.2 Å². The van der Waals surface area contributed by atoms with Crippen molar-refractivity contribution in [3.05, 3.63) is 59.7 Å². The number of benzene rings is 2. The van der Waals surface area contributed by atoms with Crippen molar-refractivity contribution in [2.24, 2.45) is 5.10 Å². The van der Waals surface area contributed by atoms with Crippen molar-refractivity contribution in [1.29, 1.82) is 0 Å². The normalized spacial score (nSPS) is 15.6. The maximum atomic E-state index is 12.3. The van der Waals surface area contributed by atoms with Gasteiger partial charge >= 0.3 is 5.97 Å². The number of rotatable bonds is 7. The van der Waals surface area contributed by atoms with Crippen LogP contribution in [-0.4, -0.2) is 42.9 Å². The summed E-state index contributed by atoms with van der Waals surface area (Å²) in [6, 6.07) is 14.6. The van der Waals surface area contributed by atoms with Crippen LogP contribution in [0.15, 0.2) is 53.6 Å². The summed E-state index contributed by atoms with van der Waals surface area (Å²) in [5.41, 5.74) is 2.51. The number of para-hydroxylation sites is 1.